The summed E-state index contributed by atoms with van der Waals surface area (Å²) in [6, 6.07) is 11.7. The lowest BCUT2D eigenvalue weighted by atomic mass is 9.99. The van der Waals surface area contributed by atoms with Crippen LogP contribution < -0.4 is 9.47 Å². The lowest BCUT2D eigenvalue weighted by Crippen LogP contribution is -1.99. The normalized spacial score (nSPS) is 12.1. The molecule has 1 unspecified atom stereocenters. The number of hydrogen-bond acceptors (Lipinski definition) is 2. The molecular formula is C16H16BrClO2. The predicted molar refractivity (Wildman–Crippen MR) is 86.5 cm³/mol. The number of rotatable bonds is 4. The van der Waals surface area contributed by atoms with Crippen LogP contribution in [0.5, 0.6) is 11.5 Å². The number of hydrogen-bond donors (Lipinski definition) is 0. The predicted octanol–water partition coefficient (Wildman–Crippen LogP) is 5.15. The number of aryl methyl sites for hydroxylation is 1. The molecule has 2 aromatic carbocycles. The molecule has 0 bridgehead atoms. The standard InChI is InChI=1S/C16H16BrClO2/c1-10-8-12(19-2)5-7-13(10)16(17)14-6-4-11(18)9-15(14)20-3/h4-9,16H,1-3H3. The smallest absolute Gasteiger partial charge is 0.125 e. The molecule has 0 saturated carbocycles. The van der Waals surface area contributed by atoms with E-state index < -0.39 is 0 Å². The molecule has 0 fully saturated rings. The summed E-state index contributed by atoms with van der Waals surface area (Å²) in [6.45, 7) is 2.06. The average Bonchev–Trinajstić information content (AvgIpc) is 2.46. The van der Waals surface area contributed by atoms with E-state index in [4.69, 9.17) is 21.1 Å². The van der Waals surface area contributed by atoms with Crippen molar-refractivity contribution < 1.29 is 9.47 Å². The van der Waals surface area contributed by atoms with Gasteiger partial charge in [-0.2, -0.15) is 0 Å². The molecule has 2 rings (SSSR count). The van der Waals surface area contributed by atoms with Crippen molar-refractivity contribution in [1.29, 1.82) is 0 Å². The Morgan fingerprint density at radius 2 is 1.70 bits per heavy atom. The summed E-state index contributed by atoms with van der Waals surface area (Å²) in [5, 5.41) is 0.664. The third-order valence-corrected chi connectivity index (χ3v) is 4.44. The van der Waals surface area contributed by atoms with Crippen LogP contribution >= 0.6 is 27.5 Å². The Labute approximate surface area is 132 Å². The van der Waals surface area contributed by atoms with E-state index in [1.54, 1.807) is 14.2 Å². The topological polar surface area (TPSA) is 18.5 Å². The van der Waals surface area contributed by atoms with Crippen LogP contribution in [0.15, 0.2) is 36.4 Å². The first-order valence-electron chi connectivity index (χ1n) is 6.19. The van der Waals surface area contributed by atoms with Crippen LogP contribution in [0.3, 0.4) is 0 Å². The first-order chi connectivity index (χ1) is 9.56. The van der Waals surface area contributed by atoms with Gasteiger partial charge < -0.3 is 9.47 Å². The van der Waals surface area contributed by atoms with Crippen LogP contribution in [-0.2, 0) is 0 Å². The Morgan fingerprint density at radius 3 is 2.30 bits per heavy atom. The quantitative estimate of drug-likeness (QED) is 0.706. The van der Waals surface area contributed by atoms with Crippen molar-refractivity contribution in [3.8, 4) is 11.5 Å². The molecule has 0 amide bonds. The van der Waals surface area contributed by atoms with Gasteiger partial charge >= 0.3 is 0 Å². The number of alkyl halides is 1. The van der Waals surface area contributed by atoms with E-state index in [0.29, 0.717) is 5.02 Å². The summed E-state index contributed by atoms with van der Waals surface area (Å²) in [7, 11) is 3.32. The molecule has 0 aliphatic carbocycles. The van der Waals surface area contributed by atoms with Gasteiger partial charge in [-0.15, -0.1) is 0 Å². The zero-order chi connectivity index (χ0) is 14.7. The van der Waals surface area contributed by atoms with Gasteiger partial charge in [0, 0.05) is 10.6 Å². The maximum absolute atomic E-state index is 6.01. The molecule has 2 aromatic rings. The van der Waals surface area contributed by atoms with E-state index in [2.05, 4.69) is 28.9 Å². The SMILES string of the molecule is COc1ccc(C(Br)c2ccc(Cl)cc2OC)c(C)c1. The van der Waals surface area contributed by atoms with Crippen molar-refractivity contribution in [2.45, 2.75) is 11.8 Å². The van der Waals surface area contributed by atoms with E-state index in [0.717, 1.165) is 22.6 Å². The summed E-state index contributed by atoms with van der Waals surface area (Å²) >= 11 is 9.75. The molecule has 0 aromatic heterocycles. The molecule has 0 radical (unpaired) electrons. The minimum absolute atomic E-state index is 0.0422. The molecule has 0 aliphatic heterocycles. The molecule has 0 spiro atoms. The van der Waals surface area contributed by atoms with Crippen LogP contribution in [0, 0.1) is 6.92 Å². The molecule has 0 heterocycles. The first-order valence-corrected chi connectivity index (χ1v) is 7.48. The fourth-order valence-electron chi connectivity index (χ4n) is 2.12. The molecule has 0 saturated heterocycles. The van der Waals surface area contributed by atoms with Crippen LogP contribution in [0.2, 0.25) is 5.02 Å². The number of benzene rings is 2. The lowest BCUT2D eigenvalue weighted by molar-refractivity contribution is 0.410. The summed E-state index contributed by atoms with van der Waals surface area (Å²) in [5.74, 6) is 1.63. The maximum atomic E-state index is 6.01. The zero-order valence-electron chi connectivity index (χ0n) is 11.6. The average molecular weight is 356 g/mol. The van der Waals surface area contributed by atoms with Gasteiger partial charge in [-0.3, -0.25) is 0 Å². The zero-order valence-corrected chi connectivity index (χ0v) is 14.0. The van der Waals surface area contributed by atoms with Crippen molar-refractivity contribution in [1.82, 2.24) is 0 Å². The van der Waals surface area contributed by atoms with Crippen molar-refractivity contribution in [2.75, 3.05) is 14.2 Å². The summed E-state index contributed by atoms with van der Waals surface area (Å²) < 4.78 is 10.7. The second-order valence-corrected chi connectivity index (χ2v) is 5.82. The van der Waals surface area contributed by atoms with Crippen molar-refractivity contribution in [3.63, 3.8) is 0 Å². The minimum atomic E-state index is 0.0422. The largest absolute Gasteiger partial charge is 0.497 e. The van der Waals surface area contributed by atoms with Gasteiger partial charge in [-0.1, -0.05) is 39.7 Å². The molecule has 0 N–H and O–H groups in total. The summed E-state index contributed by atoms with van der Waals surface area (Å²) in [5.41, 5.74) is 3.37. The second-order valence-electron chi connectivity index (χ2n) is 4.47. The number of halogens is 2. The molecule has 0 aliphatic rings. The maximum Gasteiger partial charge on any atom is 0.125 e. The van der Waals surface area contributed by atoms with E-state index >= 15 is 0 Å². The Kier molecular flexibility index (Phi) is 4.95. The number of methoxy groups -OCH3 is 2. The Balaban J connectivity index is 2.43. The van der Waals surface area contributed by atoms with E-state index in [1.807, 2.05) is 30.3 Å². The van der Waals surface area contributed by atoms with Crippen molar-refractivity contribution in [3.05, 3.63) is 58.1 Å². The molecule has 2 nitrogen and oxygen atoms in total. The van der Waals surface area contributed by atoms with Gasteiger partial charge in [0.2, 0.25) is 0 Å². The fraction of sp³-hybridized carbons (Fsp3) is 0.250. The van der Waals surface area contributed by atoms with E-state index in [-0.39, 0.29) is 4.83 Å². The van der Waals surface area contributed by atoms with Gasteiger partial charge in [0.15, 0.2) is 0 Å². The van der Waals surface area contributed by atoms with Gasteiger partial charge in [0.25, 0.3) is 0 Å². The Morgan fingerprint density at radius 1 is 1.00 bits per heavy atom. The summed E-state index contributed by atoms with van der Waals surface area (Å²) in [6.07, 6.45) is 0. The first kappa shape index (κ1) is 15.2. The highest BCUT2D eigenvalue weighted by Crippen LogP contribution is 2.39. The van der Waals surface area contributed by atoms with Gasteiger partial charge in [0.05, 0.1) is 19.0 Å². The third-order valence-electron chi connectivity index (χ3n) is 3.22. The van der Waals surface area contributed by atoms with Gasteiger partial charge in [-0.05, 0) is 42.3 Å². The molecule has 1 atom stereocenters. The molecule has 20 heavy (non-hydrogen) atoms. The highest BCUT2D eigenvalue weighted by Gasteiger charge is 2.17. The van der Waals surface area contributed by atoms with Gasteiger partial charge in [-0.25, -0.2) is 0 Å². The van der Waals surface area contributed by atoms with Crippen LogP contribution in [-0.4, -0.2) is 14.2 Å². The minimum Gasteiger partial charge on any atom is -0.497 e. The molecule has 4 heteroatoms. The van der Waals surface area contributed by atoms with Crippen molar-refractivity contribution in [2.24, 2.45) is 0 Å². The third kappa shape index (κ3) is 3.10. The van der Waals surface area contributed by atoms with Crippen LogP contribution in [0.25, 0.3) is 0 Å². The lowest BCUT2D eigenvalue weighted by Gasteiger charge is -2.17. The second kappa shape index (κ2) is 6.51. The van der Waals surface area contributed by atoms with Gasteiger partial charge in [0.1, 0.15) is 11.5 Å². The highest BCUT2D eigenvalue weighted by atomic mass is 79.9. The fourth-order valence-corrected chi connectivity index (χ4v) is 3.18. The molecule has 106 valence electrons. The summed E-state index contributed by atoms with van der Waals surface area (Å²) in [4.78, 5) is 0.0422. The monoisotopic (exact) mass is 354 g/mol. The van der Waals surface area contributed by atoms with Crippen LogP contribution in [0.4, 0.5) is 0 Å². The molecular weight excluding hydrogens is 340 g/mol. The van der Waals surface area contributed by atoms with E-state index in [1.165, 1.54) is 5.56 Å². The van der Waals surface area contributed by atoms with Crippen molar-refractivity contribution >= 4 is 27.5 Å². The van der Waals surface area contributed by atoms with E-state index in [9.17, 15) is 0 Å². The Hall–Kier alpha value is -1.19. The van der Waals surface area contributed by atoms with Crippen LogP contribution in [0.1, 0.15) is 21.5 Å². The Bertz CT molecular complexity index is 613. The highest BCUT2D eigenvalue weighted by molar-refractivity contribution is 9.09. The number of ether oxygens (including phenoxy) is 2.